The summed E-state index contributed by atoms with van der Waals surface area (Å²) in [5.41, 5.74) is 7.38. The third-order valence-electron chi connectivity index (χ3n) is 8.51. The molecule has 2 nitrogen and oxygen atoms in total. The molecule has 2 N–H and O–H groups in total. The highest BCUT2D eigenvalue weighted by Gasteiger charge is 2.48. The number of benzene rings is 1. The Morgan fingerprint density at radius 2 is 1.80 bits per heavy atom. The van der Waals surface area contributed by atoms with Crippen LogP contribution in [0.25, 0.3) is 10.9 Å². The van der Waals surface area contributed by atoms with Gasteiger partial charge in [0.15, 0.2) is 0 Å². The second-order valence-corrected chi connectivity index (χ2v) is 10.6. The molecular formula is C28H39NO. The van der Waals surface area contributed by atoms with Crippen molar-refractivity contribution in [3.05, 3.63) is 58.8 Å². The molecule has 0 aliphatic heterocycles. The van der Waals surface area contributed by atoms with Crippen molar-refractivity contribution in [2.24, 2.45) is 16.7 Å². The van der Waals surface area contributed by atoms with Gasteiger partial charge in [-0.3, -0.25) is 0 Å². The van der Waals surface area contributed by atoms with E-state index in [4.69, 9.17) is 0 Å². The van der Waals surface area contributed by atoms with Crippen LogP contribution in [0.4, 0.5) is 0 Å². The fourth-order valence-electron chi connectivity index (χ4n) is 6.27. The number of allylic oxidation sites excluding steroid dienone is 3. The van der Waals surface area contributed by atoms with Gasteiger partial charge >= 0.3 is 0 Å². The van der Waals surface area contributed by atoms with Crippen molar-refractivity contribution in [1.29, 1.82) is 0 Å². The minimum Gasteiger partial charge on any atom is -0.392 e. The molecule has 0 saturated heterocycles. The highest BCUT2D eigenvalue weighted by molar-refractivity contribution is 5.83. The van der Waals surface area contributed by atoms with Gasteiger partial charge in [-0.25, -0.2) is 0 Å². The Labute approximate surface area is 182 Å². The second-order valence-electron chi connectivity index (χ2n) is 10.6. The Bertz CT molecular complexity index is 975. The molecule has 4 atom stereocenters. The molecule has 0 bridgehead atoms. The molecule has 0 saturated carbocycles. The molecule has 1 aromatic heterocycles. The van der Waals surface area contributed by atoms with Gasteiger partial charge in [-0.05, 0) is 81.8 Å². The lowest BCUT2D eigenvalue weighted by molar-refractivity contribution is 0.0249. The number of fused-ring (bicyclic) bond motifs is 1. The lowest BCUT2D eigenvalue weighted by atomic mass is 9.53. The number of hydrogen-bond donors (Lipinski definition) is 2. The van der Waals surface area contributed by atoms with E-state index in [2.05, 4.69) is 76.1 Å². The van der Waals surface area contributed by atoms with Crippen LogP contribution in [0.1, 0.15) is 78.7 Å². The van der Waals surface area contributed by atoms with Crippen LogP contribution in [0, 0.1) is 16.7 Å². The maximum atomic E-state index is 11.1. The van der Waals surface area contributed by atoms with Crippen LogP contribution in [-0.2, 0) is 6.42 Å². The lowest BCUT2D eigenvalue weighted by Crippen LogP contribution is -2.45. The molecule has 1 heterocycles. The number of hydrogen-bond acceptors (Lipinski definition) is 1. The highest BCUT2D eigenvalue weighted by Crippen LogP contribution is 2.57. The third kappa shape index (κ3) is 3.58. The van der Waals surface area contributed by atoms with E-state index in [1.165, 1.54) is 28.5 Å². The summed E-state index contributed by atoms with van der Waals surface area (Å²) in [4.78, 5) is 3.48. The molecule has 0 spiro atoms. The third-order valence-corrected chi connectivity index (χ3v) is 8.51. The predicted molar refractivity (Wildman–Crippen MR) is 128 cm³/mol. The zero-order valence-electron chi connectivity index (χ0n) is 19.5. The summed E-state index contributed by atoms with van der Waals surface area (Å²) in [6.07, 6.45) is 11.9. The van der Waals surface area contributed by atoms with Crippen LogP contribution < -0.4 is 0 Å². The number of aliphatic hydroxyl groups is 1. The Kier molecular flexibility index (Phi) is 5.74. The minimum atomic E-state index is -0.215. The zero-order chi connectivity index (χ0) is 21.5. The Morgan fingerprint density at radius 3 is 2.57 bits per heavy atom. The minimum absolute atomic E-state index is 0.0822. The molecule has 2 aromatic rings. The molecule has 0 fully saturated rings. The van der Waals surface area contributed by atoms with Gasteiger partial charge < -0.3 is 10.1 Å². The van der Waals surface area contributed by atoms with Gasteiger partial charge in [-0.2, -0.15) is 0 Å². The summed E-state index contributed by atoms with van der Waals surface area (Å²) in [7, 11) is 0. The van der Waals surface area contributed by atoms with Crippen LogP contribution in [0.3, 0.4) is 0 Å². The van der Waals surface area contributed by atoms with E-state index in [1.54, 1.807) is 11.1 Å². The van der Waals surface area contributed by atoms with Crippen molar-refractivity contribution < 1.29 is 5.11 Å². The van der Waals surface area contributed by atoms with E-state index in [-0.39, 0.29) is 16.9 Å². The van der Waals surface area contributed by atoms with Gasteiger partial charge in [0.2, 0.25) is 0 Å². The Hall–Kier alpha value is -1.80. The maximum Gasteiger partial charge on any atom is 0.0634 e. The van der Waals surface area contributed by atoms with E-state index < -0.39 is 0 Å². The summed E-state index contributed by atoms with van der Waals surface area (Å²) >= 11 is 0. The van der Waals surface area contributed by atoms with Crippen molar-refractivity contribution in [3.63, 3.8) is 0 Å². The standard InChI is InChI=1S/C28H39NO/c1-19(2)9-8-16-27(4)23-13-12-20(3)28(5,24(23)14-15-26(27)30)17-21-18-29-25-11-7-6-10-22(21)25/h6-7,9-11,18,20,26,29-30H,8,12-17H2,1-5H3/t20-,26+,27-,28+/m0/s1. The van der Waals surface area contributed by atoms with Gasteiger partial charge in [0.25, 0.3) is 0 Å². The number of aromatic amines is 1. The molecule has 2 aliphatic rings. The van der Waals surface area contributed by atoms with Gasteiger partial charge in [0.1, 0.15) is 0 Å². The largest absolute Gasteiger partial charge is 0.392 e. The average Bonchev–Trinajstić information content (AvgIpc) is 3.10. The zero-order valence-corrected chi connectivity index (χ0v) is 19.5. The summed E-state index contributed by atoms with van der Waals surface area (Å²) < 4.78 is 0. The summed E-state index contributed by atoms with van der Waals surface area (Å²) in [6.45, 7) is 11.6. The monoisotopic (exact) mass is 405 g/mol. The van der Waals surface area contributed by atoms with Crippen molar-refractivity contribution in [2.75, 3.05) is 0 Å². The molecule has 4 rings (SSSR count). The second kappa shape index (κ2) is 8.04. The highest BCUT2D eigenvalue weighted by atomic mass is 16.3. The van der Waals surface area contributed by atoms with Crippen LogP contribution in [0.2, 0.25) is 0 Å². The van der Waals surface area contributed by atoms with E-state index in [1.807, 2.05) is 0 Å². The summed E-state index contributed by atoms with van der Waals surface area (Å²) in [6, 6.07) is 8.68. The van der Waals surface area contributed by atoms with Gasteiger partial charge in [-0.1, -0.05) is 61.8 Å². The van der Waals surface area contributed by atoms with Crippen molar-refractivity contribution in [1.82, 2.24) is 4.98 Å². The fourth-order valence-corrected chi connectivity index (χ4v) is 6.27. The molecule has 2 aliphatic carbocycles. The van der Waals surface area contributed by atoms with Crippen LogP contribution in [-0.4, -0.2) is 16.2 Å². The molecule has 0 unspecified atom stereocenters. The van der Waals surface area contributed by atoms with Crippen molar-refractivity contribution in [3.8, 4) is 0 Å². The van der Waals surface area contributed by atoms with E-state index in [0.29, 0.717) is 5.92 Å². The normalized spacial score (nSPS) is 31.7. The molecular weight excluding hydrogens is 366 g/mol. The molecule has 162 valence electrons. The number of H-pyrrole nitrogens is 1. The van der Waals surface area contributed by atoms with E-state index in [0.717, 1.165) is 38.5 Å². The Morgan fingerprint density at radius 1 is 1.10 bits per heavy atom. The first-order chi connectivity index (χ1) is 14.3. The molecule has 0 amide bonds. The first kappa shape index (κ1) is 21.4. The summed E-state index contributed by atoms with van der Waals surface area (Å²) in [5.74, 6) is 0.655. The van der Waals surface area contributed by atoms with Gasteiger partial charge in [0, 0.05) is 22.5 Å². The predicted octanol–water partition coefficient (Wildman–Crippen LogP) is 7.35. The number of para-hydroxylation sites is 1. The van der Waals surface area contributed by atoms with E-state index >= 15 is 0 Å². The molecule has 1 aromatic carbocycles. The summed E-state index contributed by atoms with van der Waals surface area (Å²) in [5, 5.41) is 12.5. The number of rotatable bonds is 5. The topological polar surface area (TPSA) is 36.0 Å². The number of aromatic nitrogens is 1. The van der Waals surface area contributed by atoms with Gasteiger partial charge in [0.05, 0.1) is 6.10 Å². The Balaban J connectivity index is 1.73. The quantitative estimate of drug-likeness (QED) is 0.501. The lowest BCUT2D eigenvalue weighted by Gasteiger charge is -2.52. The molecule has 2 heteroatoms. The average molecular weight is 406 g/mol. The SMILES string of the molecule is CC(C)=CCC[C@@]1(C)C2=C(CC[C@H]1O)[C@](C)(Cc1c[nH]c3ccccc13)[C@@H](C)CC2. The van der Waals surface area contributed by atoms with Crippen molar-refractivity contribution in [2.45, 2.75) is 85.7 Å². The van der Waals surface area contributed by atoms with Crippen molar-refractivity contribution >= 4 is 10.9 Å². The molecule has 30 heavy (non-hydrogen) atoms. The van der Waals surface area contributed by atoms with Gasteiger partial charge in [-0.15, -0.1) is 0 Å². The first-order valence-corrected chi connectivity index (χ1v) is 11.8. The first-order valence-electron chi connectivity index (χ1n) is 11.8. The van der Waals surface area contributed by atoms with Crippen LogP contribution in [0.5, 0.6) is 0 Å². The number of nitrogens with one attached hydrogen (secondary N) is 1. The van der Waals surface area contributed by atoms with Crippen LogP contribution >= 0.6 is 0 Å². The maximum absolute atomic E-state index is 11.1. The van der Waals surface area contributed by atoms with E-state index in [9.17, 15) is 5.11 Å². The number of aliphatic hydroxyl groups excluding tert-OH is 1. The fraction of sp³-hybridized carbons (Fsp3) is 0.571. The van der Waals surface area contributed by atoms with Crippen LogP contribution in [0.15, 0.2) is 53.3 Å². The smallest absolute Gasteiger partial charge is 0.0634 e. The molecule has 0 radical (unpaired) electrons.